The molecule has 0 aromatic carbocycles. The number of hydrogen-bond acceptors (Lipinski definition) is 5. The molecule has 1 aromatic rings. The average Bonchev–Trinajstić information content (AvgIpc) is 2.27. The molecule has 1 heterocycles. The quantitative estimate of drug-likeness (QED) is 0.486. The first-order chi connectivity index (χ1) is 7.26. The molecule has 0 spiro atoms. The van der Waals surface area contributed by atoms with E-state index < -0.39 is 0 Å². The van der Waals surface area contributed by atoms with Gasteiger partial charge in [0.1, 0.15) is 5.82 Å². The van der Waals surface area contributed by atoms with Gasteiger partial charge in [0.05, 0.1) is 6.10 Å². The zero-order valence-corrected chi connectivity index (χ0v) is 9.16. The molecular formula is C10H18N4O. The van der Waals surface area contributed by atoms with Gasteiger partial charge in [0.2, 0.25) is 0 Å². The van der Waals surface area contributed by atoms with E-state index in [1.165, 1.54) is 0 Å². The molecule has 1 aromatic heterocycles. The molecule has 0 aliphatic rings. The normalized spacial score (nSPS) is 12.2. The lowest BCUT2D eigenvalue weighted by molar-refractivity contribution is 0.0855. The maximum Gasteiger partial charge on any atom is 0.141 e. The fourth-order valence-electron chi connectivity index (χ4n) is 1.22. The van der Waals surface area contributed by atoms with Crippen LogP contribution in [0.1, 0.15) is 13.8 Å². The Hall–Kier alpha value is -1.33. The Morgan fingerprint density at radius 3 is 3.07 bits per heavy atom. The Kier molecular flexibility index (Phi) is 4.86. The SMILES string of the molecule is CCOC(C)CNc1ccnc(NN)c1. The minimum atomic E-state index is 0.192. The minimum absolute atomic E-state index is 0.192. The monoisotopic (exact) mass is 210 g/mol. The van der Waals surface area contributed by atoms with Crippen LogP contribution in [0.3, 0.4) is 0 Å². The van der Waals surface area contributed by atoms with Crippen molar-refractivity contribution in [3.63, 3.8) is 0 Å². The van der Waals surface area contributed by atoms with Gasteiger partial charge in [0.15, 0.2) is 0 Å². The molecule has 4 N–H and O–H groups in total. The molecule has 0 aliphatic heterocycles. The second-order valence-corrected chi connectivity index (χ2v) is 3.22. The Labute approximate surface area is 90.0 Å². The molecule has 0 saturated heterocycles. The molecule has 0 bridgehead atoms. The molecule has 0 radical (unpaired) electrons. The van der Waals surface area contributed by atoms with E-state index in [-0.39, 0.29) is 6.10 Å². The summed E-state index contributed by atoms with van der Waals surface area (Å²) in [6.45, 7) is 5.51. The van der Waals surface area contributed by atoms with Gasteiger partial charge in [-0.05, 0) is 19.9 Å². The van der Waals surface area contributed by atoms with Crippen molar-refractivity contribution in [1.82, 2.24) is 4.98 Å². The average molecular weight is 210 g/mol. The summed E-state index contributed by atoms with van der Waals surface area (Å²) in [6.07, 6.45) is 1.89. The predicted octanol–water partition coefficient (Wildman–Crippen LogP) is 1.20. The van der Waals surface area contributed by atoms with Crippen LogP contribution < -0.4 is 16.6 Å². The van der Waals surface area contributed by atoms with Crippen molar-refractivity contribution in [2.45, 2.75) is 20.0 Å². The maximum absolute atomic E-state index is 5.40. The number of hydrazine groups is 1. The van der Waals surface area contributed by atoms with Crippen LogP contribution in [0.25, 0.3) is 0 Å². The molecule has 0 fully saturated rings. The summed E-state index contributed by atoms with van der Waals surface area (Å²) in [5.41, 5.74) is 3.47. The highest BCUT2D eigenvalue weighted by Gasteiger charge is 2.00. The Morgan fingerprint density at radius 1 is 1.60 bits per heavy atom. The van der Waals surface area contributed by atoms with Gasteiger partial charge in [-0.15, -0.1) is 0 Å². The van der Waals surface area contributed by atoms with Gasteiger partial charge in [0.25, 0.3) is 0 Å². The van der Waals surface area contributed by atoms with Crippen molar-refractivity contribution in [3.05, 3.63) is 18.3 Å². The highest BCUT2D eigenvalue weighted by molar-refractivity contribution is 5.51. The second-order valence-electron chi connectivity index (χ2n) is 3.22. The third-order valence-electron chi connectivity index (χ3n) is 1.95. The fraction of sp³-hybridized carbons (Fsp3) is 0.500. The van der Waals surface area contributed by atoms with Gasteiger partial charge >= 0.3 is 0 Å². The highest BCUT2D eigenvalue weighted by atomic mass is 16.5. The van der Waals surface area contributed by atoms with Crippen LogP contribution in [0, 0.1) is 0 Å². The molecule has 0 aliphatic carbocycles. The number of anilines is 2. The largest absolute Gasteiger partial charge is 0.382 e. The van der Waals surface area contributed by atoms with Gasteiger partial charge < -0.3 is 15.5 Å². The van der Waals surface area contributed by atoms with E-state index in [0.29, 0.717) is 5.82 Å². The van der Waals surface area contributed by atoms with E-state index >= 15 is 0 Å². The van der Waals surface area contributed by atoms with Gasteiger partial charge in [-0.3, -0.25) is 0 Å². The molecular weight excluding hydrogens is 192 g/mol. The molecule has 1 rings (SSSR count). The van der Waals surface area contributed by atoms with Crippen LogP contribution in [-0.4, -0.2) is 24.2 Å². The van der Waals surface area contributed by atoms with Crippen LogP contribution in [0.15, 0.2) is 18.3 Å². The number of pyridine rings is 1. The van der Waals surface area contributed by atoms with Crippen LogP contribution in [0.2, 0.25) is 0 Å². The Balaban J connectivity index is 2.43. The maximum atomic E-state index is 5.40. The standard InChI is InChI=1S/C10H18N4O/c1-3-15-8(2)7-13-9-4-5-12-10(6-9)14-11/h4-6,8H,3,7,11H2,1-2H3,(H2,12,13,14). The molecule has 5 nitrogen and oxygen atoms in total. The van der Waals surface area contributed by atoms with E-state index in [1.807, 2.05) is 26.0 Å². The van der Waals surface area contributed by atoms with Gasteiger partial charge in [-0.25, -0.2) is 10.8 Å². The van der Waals surface area contributed by atoms with Gasteiger partial charge in [-0.1, -0.05) is 0 Å². The van der Waals surface area contributed by atoms with Crippen LogP contribution >= 0.6 is 0 Å². The summed E-state index contributed by atoms with van der Waals surface area (Å²) in [7, 11) is 0. The third kappa shape index (κ3) is 4.14. The van der Waals surface area contributed by atoms with E-state index in [1.54, 1.807) is 6.20 Å². The lowest BCUT2D eigenvalue weighted by Gasteiger charge is -2.13. The second kappa shape index (κ2) is 6.21. The molecule has 1 atom stereocenters. The number of nitrogen functional groups attached to an aromatic ring is 1. The number of nitrogens with one attached hydrogen (secondary N) is 2. The van der Waals surface area contributed by atoms with E-state index in [4.69, 9.17) is 10.6 Å². The summed E-state index contributed by atoms with van der Waals surface area (Å²) in [5.74, 6) is 5.90. The highest BCUT2D eigenvalue weighted by Crippen LogP contribution is 2.10. The van der Waals surface area contributed by atoms with E-state index in [2.05, 4.69) is 15.7 Å². The number of nitrogens with two attached hydrogens (primary N) is 1. The summed E-state index contributed by atoms with van der Waals surface area (Å²) in [5, 5.41) is 3.24. The topological polar surface area (TPSA) is 72.2 Å². The molecule has 84 valence electrons. The number of rotatable bonds is 6. The number of aromatic nitrogens is 1. The molecule has 15 heavy (non-hydrogen) atoms. The number of nitrogens with zero attached hydrogens (tertiary/aromatic N) is 1. The third-order valence-corrected chi connectivity index (χ3v) is 1.95. The van der Waals surface area contributed by atoms with Crippen LogP contribution in [0.5, 0.6) is 0 Å². The summed E-state index contributed by atoms with van der Waals surface area (Å²) >= 11 is 0. The van der Waals surface area contributed by atoms with Crippen LogP contribution in [0.4, 0.5) is 11.5 Å². The number of ether oxygens (including phenoxy) is 1. The van der Waals surface area contributed by atoms with E-state index in [9.17, 15) is 0 Å². The van der Waals surface area contributed by atoms with Crippen molar-refractivity contribution in [3.8, 4) is 0 Å². The van der Waals surface area contributed by atoms with Crippen molar-refractivity contribution in [2.24, 2.45) is 5.84 Å². The van der Waals surface area contributed by atoms with Crippen molar-refractivity contribution < 1.29 is 4.74 Å². The Bertz CT molecular complexity index is 293. The van der Waals surface area contributed by atoms with Crippen LogP contribution in [-0.2, 0) is 4.74 Å². The summed E-state index contributed by atoms with van der Waals surface area (Å²) in [6, 6.07) is 3.73. The Morgan fingerprint density at radius 2 is 2.40 bits per heavy atom. The first-order valence-electron chi connectivity index (χ1n) is 5.04. The summed E-state index contributed by atoms with van der Waals surface area (Å²) in [4.78, 5) is 4.01. The van der Waals surface area contributed by atoms with Crippen molar-refractivity contribution >= 4 is 11.5 Å². The van der Waals surface area contributed by atoms with Gasteiger partial charge in [0, 0.05) is 31.1 Å². The van der Waals surface area contributed by atoms with E-state index in [0.717, 1.165) is 18.8 Å². The number of hydrogen-bond donors (Lipinski definition) is 3. The first kappa shape index (κ1) is 11.7. The zero-order chi connectivity index (χ0) is 11.1. The smallest absolute Gasteiger partial charge is 0.141 e. The lowest BCUT2D eigenvalue weighted by Crippen LogP contribution is -2.20. The zero-order valence-electron chi connectivity index (χ0n) is 9.16. The van der Waals surface area contributed by atoms with Gasteiger partial charge in [-0.2, -0.15) is 0 Å². The van der Waals surface area contributed by atoms with Crippen molar-refractivity contribution in [1.29, 1.82) is 0 Å². The fourth-order valence-corrected chi connectivity index (χ4v) is 1.22. The molecule has 5 heteroatoms. The molecule has 0 saturated carbocycles. The first-order valence-corrected chi connectivity index (χ1v) is 5.04. The summed E-state index contributed by atoms with van der Waals surface area (Å²) < 4.78 is 5.40. The van der Waals surface area contributed by atoms with Crippen molar-refractivity contribution in [2.75, 3.05) is 23.9 Å². The molecule has 1 unspecified atom stereocenters. The predicted molar refractivity (Wildman–Crippen MR) is 61.6 cm³/mol. The minimum Gasteiger partial charge on any atom is -0.382 e. The molecule has 0 amide bonds. The lowest BCUT2D eigenvalue weighted by atomic mass is 10.3.